The maximum atomic E-state index is 4.93. The Morgan fingerprint density at radius 2 is 0.978 bits per heavy atom. The lowest BCUT2D eigenvalue weighted by Gasteiger charge is -2.12. The van der Waals surface area contributed by atoms with Crippen LogP contribution < -0.4 is 0 Å². The number of benzene rings is 6. The van der Waals surface area contributed by atoms with E-state index in [1.165, 1.54) is 27.1 Å². The van der Waals surface area contributed by atoms with E-state index >= 15 is 0 Å². The maximum Gasteiger partial charge on any atom is 0.164 e. The Bertz CT molecular complexity index is 2270. The average molecular weight is 577 g/mol. The summed E-state index contributed by atoms with van der Waals surface area (Å²) < 4.78 is 0. The largest absolute Gasteiger partial charge is 0.256 e. The SMILES string of the molecule is Cc1cc2c(ccc3ccccc32)cc1-c1cc(-c2cccc(-c3nc(-c4ccccc4)nc(-c4ccccc4)n3)c2)ccn1. The molecule has 0 aliphatic rings. The summed E-state index contributed by atoms with van der Waals surface area (Å²) in [4.78, 5) is 19.5. The molecule has 0 unspecified atom stereocenters. The van der Waals surface area contributed by atoms with Gasteiger partial charge in [0.1, 0.15) is 0 Å². The Labute approximate surface area is 261 Å². The summed E-state index contributed by atoms with van der Waals surface area (Å²) in [6, 6.07) is 50.2. The molecule has 2 heterocycles. The van der Waals surface area contributed by atoms with Crippen LogP contribution in [0.3, 0.4) is 0 Å². The molecule has 0 radical (unpaired) electrons. The third-order valence-electron chi connectivity index (χ3n) is 8.28. The van der Waals surface area contributed by atoms with Gasteiger partial charge in [-0.05, 0) is 69.4 Å². The zero-order chi connectivity index (χ0) is 30.2. The van der Waals surface area contributed by atoms with Gasteiger partial charge in [-0.3, -0.25) is 4.98 Å². The molecule has 0 bridgehead atoms. The monoisotopic (exact) mass is 576 g/mol. The number of nitrogens with zero attached hydrogens (tertiary/aromatic N) is 4. The molecule has 4 heteroatoms. The summed E-state index contributed by atoms with van der Waals surface area (Å²) in [6.07, 6.45) is 1.89. The topological polar surface area (TPSA) is 51.6 Å². The highest BCUT2D eigenvalue weighted by Crippen LogP contribution is 2.34. The third-order valence-corrected chi connectivity index (χ3v) is 8.28. The van der Waals surface area contributed by atoms with Crippen LogP contribution in [-0.2, 0) is 0 Å². The van der Waals surface area contributed by atoms with Crippen molar-refractivity contribution in [3.63, 3.8) is 0 Å². The second-order valence-electron chi connectivity index (χ2n) is 11.2. The van der Waals surface area contributed by atoms with E-state index in [2.05, 4.69) is 91.9 Å². The summed E-state index contributed by atoms with van der Waals surface area (Å²) in [5, 5.41) is 5.00. The van der Waals surface area contributed by atoms with Crippen LogP contribution in [0.15, 0.2) is 152 Å². The zero-order valence-electron chi connectivity index (χ0n) is 24.7. The molecule has 0 N–H and O–H groups in total. The number of rotatable bonds is 5. The first-order valence-electron chi connectivity index (χ1n) is 15.1. The van der Waals surface area contributed by atoms with Gasteiger partial charge in [-0.15, -0.1) is 0 Å². The van der Waals surface area contributed by atoms with Gasteiger partial charge in [-0.1, -0.05) is 121 Å². The van der Waals surface area contributed by atoms with Gasteiger partial charge in [0.05, 0.1) is 5.69 Å². The minimum absolute atomic E-state index is 0.636. The van der Waals surface area contributed by atoms with Crippen LogP contribution in [0.25, 0.3) is 78.1 Å². The predicted molar refractivity (Wildman–Crippen MR) is 185 cm³/mol. The summed E-state index contributed by atoms with van der Waals surface area (Å²) in [7, 11) is 0. The highest BCUT2D eigenvalue weighted by Gasteiger charge is 2.14. The number of aryl methyl sites for hydroxylation is 1. The van der Waals surface area contributed by atoms with Crippen LogP contribution in [0.5, 0.6) is 0 Å². The van der Waals surface area contributed by atoms with Crippen LogP contribution in [0.2, 0.25) is 0 Å². The van der Waals surface area contributed by atoms with E-state index in [0.29, 0.717) is 17.5 Å². The van der Waals surface area contributed by atoms with E-state index in [9.17, 15) is 0 Å². The van der Waals surface area contributed by atoms with Crippen molar-refractivity contribution in [1.82, 2.24) is 19.9 Å². The molecule has 0 saturated heterocycles. The van der Waals surface area contributed by atoms with Crippen molar-refractivity contribution in [2.75, 3.05) is 0 Å². The van der Waals surface area contributed by atoms with E-state index < -0.39 is 0 Å². The van der Waals surface area contributed by atoms with Crippen LogP contribution in [-0.4, -0.2) is 19.9 Å². The molecule has 0 saturated carbocycles. The van der Waals surface area contributed by atoms with Crippen molar-refractivity contribution >= 4 is 21.5 Å². The Kier molecular flexibility index (Phi) is 6.65. The fourth-order valence-corrected chi connectivity index (χ4v) is 5.97. The zero-order valence-corrected chi connectivity index (χ0v) is 24.7. The molecule has 8 aromatic rings. The Hall–Kier alpha value is -6.00. The van der Waals surface area contributed by atoms with Gasteiger partial charge in [0.15, 0.2) is 17.5 Å². The predicted octanol–water partition coefficient (Wildman–Crippen LogP) is 10.2. The molecular weight excluding hydrogens is 548 g/mol. The van der Waals surface area contributed by atoms with Crippen molar-refractivity contribution in [3.8, 4) is 56.5 Å². The lowest BCUT2D eigenvalue weighted by Crippen LogP contribution is -2.00. The Morgan fingerprint density at radius 3 is 1.71 bits per heavy atom. The molecule has 0 aliphatic carbocycles. The van der Waals surface area contributed by atoms with Crippen LogP contribution in [0.1, 0.15) is 5.56 Å². The van der Waals surface area contributed by atoms with Gasteiger partial charge in [-0.2, -0.15) is 0 Å². The van der Waals surface area contributed by atoms with Crippen molar-refractivity contribution in [2.24, 2.45) is 0 Å². The van der Waals surface area contributed by atoms with Gasteiger partial charge in [-0.25, -0.2) is 15.0 Å². The molecule has 2 aromatic heterocycles. The molecule has 212 valence electrons. The first kappa shape index (κ1) is 26.6. The van der Waals surface area contributed by atoms with Gasteiger partial charge >= 0.3 is 0 Å². The van der Waals surface area contributed by atoms with E-state index in [4.69, 9.17) is 19.9 Å². The average Bonchev–Trinajstić information content (AvgIpc) is 3.12. The first-order chi connectivity index (χ1) is 22.2. The number of hydrogen-bond acceptors (Lipinski definition) is 4. The molecular formula is C41H28N4. The Morgan fingerprint density at radius 1 is 0.400 bits per heavy atom. The molecule has 45 heavy (non-hydrogen) atoms. The highest BCUT2D eigenvalue weighted by molar-refractivity contribution is 6.08. The van der Waals surface area contributed by atoms with Crippen molar-refractivity contribution in [2.45, 2.75) is 6.92 Å². The number of pyridine rings is 1. The summed E-state index contributed by atoms with van der Waals surface area (Å²) in [6.45, 7) is 2.17. The van der Waals surface area contributed by atoms with E-state index in [1.54, 1.807) is 0 Å². The number of fused-ring (bicyclic) bond motifs is 3. The van der Waals surface area contributed by atoms with Crippen molar-refractivity contribution in [3.05, 3.63) is 157 Å². The molecule has 0 spiro atoms. The van der Waals surface area contributed by atoms with Crippen LogP contribution in [0, 0.1) is 6.92 Å². The second kappa shape index (κ2) is 11.3. The van der Waals surface area contributed by atoms with E-state index in [-0.39, 0.29) is 0 Å². The minimum Gasteiger partial charge on any atom is -0.256 e. The lowest BCUT2D eigenvalue weighted by atomic mass is 9.94. The second-order valence-corrected chi connectivity index (χ2v) is 11.2. The molecule has 4 nitrogen and oxygen atoms in total. The molecule has 6 aromatic carbocycles. The number of hydrogen-bond donors (Lipinski definition) is 0. The van der Waals surface area contributed by atoms with Gasteiger partial charge in [0.25, 0.3) is 0 Å². The van der Waals surface area contributed by atoms with Crippen LogP contribution in [0.4, 0.5) is 0 Å². The molecule has 0 aliphatic heterocycles. The lowest BCUT2D eigenvalue weighted by molar-refractivity contribution is 1.07. The standard InChI is InChI=1S/C41H28N4/c1-27-23-37-33(20-19-28-11-8-9-18-35(28)37)25-36(27)38-26-32(21-22-42-38)31-16-10-17-34(24-31)41-44-39(29-12-4-2-5-13-29)43-40(45-41)30-14-6-3-7-15-30/h2-26H,1H3. The van der Waals surface area contributed by atoms with Gasteiger partial charge in [0.2, 0.25) is 0 Å². The number of aromatic nitrogens is 4. The Balaban J connectivity index is 1.20. The fourth-order valence-electron chi connectivity index (χ4n) is 5.97. The van der Waals surface area contributed by atoms with E-state index in [1.807, 2.05) is 66.9 Å². The fraction of sp³-hybridized carbons (Fsp3) is 0.0244. The highest BCUT2D eigenvalue weighted by atomic mass is 15.0. The molecule has 8 rings (SSSR count). The quantitative estimate of drug-likeness (QED) is 0.191. The van der Waals surface area contributed by atoms with Crippen molar-refractivity contribution < 1.29 is 0 Å². The van der Waals surface area contributed by atoms with E-state index in [0.717, 1.165) is 39.1 Å². The van der Waals surface area contributed by atoms with Gasteiger partial charge in [0, 0.05) is 28.5 Å². The van der Waals surface area contributed by atoms with Crippen molar-refractivity contribution in [1.29, 1.82) is 0 Å². The minimum atomic E-state index is 0.636. The van der Waals surface area contributed by atoms with Gasteiger partial charge < -0.3 is 0 Å². The third kappa shape index (κ3) is 5.13. The van der Waals surface area contributed by atoms with Crippen LogP contribution >= 0.6 is 0 Å². The molecule has 0 fully saturated rings. The first-order valence-corrected chi connectivity index (χ1v) is 15.1. The summed E-state index contributed by atoms with van der Waals surface area (Å²) >= 11 is 0. The summed E-state index contributed by atoms with van der Waals surface area (Å²) in [5.41, 5.74) is 8.26. The molecule has 0 atom stereocenters. The molecule has 0 amide bonds. The smallest absolute Gasteiger partial charge is 0.164 e. The normalized spacial score (nSPS) is 11.2. The maximum absolute atomic E-state index is 4.93. The summed E-state index contributed by atoms with van der Waals surface area (Å²) in [5.74, 6) is 1.93.